The molecular formula is C62H59N19O7S. The van der Waals surface area contributed by atoms with Gasteiger partial charge in [0.05, 0.1) is 69.3 Å². The van der Waals surface area contributed by atoms with Crippen molar-refractivity contribution in [2.45, 2.75) is 38.9 Å². The Morgan fingerprint density at radius 3 is 1.11 bits per heavy atom. The molecule has 11 heterocycles. The third-order valence-corrected chi connectivity index (χ3v) is 11.5. The molecular weight excluding hydrogens is 1150 g/mol. The minimum Gasteiger partial charge on any atom is -0.462 e. The summed E-state index contributed by atoms with van der Waals surface area (Å²) >= 11 is -0.750. The second-order valence-electron chi connectivity index (χ2n) is 17.7. The highest BCUT2D eigenvalue weighted by Gasteiger charge is 2.20. The molecule has 11 aromatic rings. The molecule has 0 aliphatic rings. The summed E-state index contributed by atoms with van der Waals surface area (Å²) in [6, 6.07) is 44.2. The lowest BCUT2D eigenvalue weighted by Crippen LogP contribution is -2.20. The zero-order valence-corrected chi connectivity index (χ0v) is 48.8. The summed E-state index contributed by atoms with van der Waals surface area (Å²) < 4.78 is 21.3. The second kappa shape index (κ2) is 37.5. The SMILES string of the molecule is CCOC(=O)c1cnc(C)nc1.Cc1cnc(NC(c2ccccn2)c2ccccn2)nc1.NC(c1ccccn1)c1ccccn1.O=C(NO)c1cnc(NC(c2ccccn2)c2ccccn2)nc1.O=S=O.ON=C(c1ccccn1)c1ccccn1. The average molecular weight is 1210 g/mol. The number of rotatable bonds is 15. The van der Waals surface area contributed by atoms with E-state index >= 15 is 0 Å². The number of nitrogens with two attached hydrogens (primary N) is 1. The van der Waals surface area contributed by atoms with Gasteiger partial charge in [-0.15, -0.1) is 0 Å². The van der Waals surface area contributed by atoms with Crippen LogP contribution in [-0.4, -0.2) is 113 Å². The van der Waals surface area contributed by atoms with Crippen LogP contribution in [0.15, 0.2) is 238 Å². The van der Waals surface area contributed by atoms with E-state index in [0.29, 0.717) is 47.0 Å². The number of hydrogen-bond donors (Lipinski definition) is 6. The Morgan fingerprint density at radius 2 is 0.809 bits per heavy atom. The fraction of sp³-hybridized carbons (Fsp3) is 0.113. The van der Waals surface area contributed by atoms with Crippen LogP contribution in [0.5, 0.6) is 0 Å². The highest BCUT2D eigenvalue weighted by atomic mass is 32.1. The van der Waals surface area contributed by atoms with Gasteiger partial charge >= 0.3 is 17.5 Å². The van der Waals surface area contributed by atoms with Crippen molar-refractivity contribution >= 4 is 41.1 Å². The second-order valence-corrected chi connectivity index (χ2v) is 17.8. The molecule has 11 aromatic heterocycles. The van der Waals surface area contributed by atoms with Gasteiger partial charge in [-0.1, -0.05) is 53.7 Å². The van der Waals surface area contributed by atoms with E-state index in [2.05, 4.69) is 85.6 Å². The van der Waals surface area contributed by atoms with Gasteiger partial charge in [-0.2, -0.15) is 8.42 Å². The number of amides is 1. The molecule has 0 atom stereocenters. The Morgan fingerprint density at radius 1 is 0.483 bits per heavy atom. The molecule has 27 heteroatoms. The molecule has 0 fully saturated rings. The Kier molecular flexibility index (Phi) is 27.9. The van der Waals surface area contributed by atoms with Gasteiger partial charge in [0.25, 0.3) is 5.91 Å². The standard InChI is InChI=1S/C16H14N6O2.C16H15N5.C11H9N3O.C11H11N3.C8H10N2O2.O2S/c23-15(22-24)11-9-19-16(20-10-11)21-14(12-5-1-3-7-17-12)13-6-2-4-8-18-13;1-12-10-19-16(20-11-12)21-15(13-6-2-4-8-17-13)14-7-3-5-9-18-14;15-14-11(9-5-1-3-7-12-9)10-6-2-4-8-13-10;12-11(9-5-1-3-7-13-9)10-6-2-4-8-14-10;1-3-12-8(11)7-4-9-6(2)10-5-7;1-3-2/h1-10,14,24H,(H,22,23)(H,19,20,21);2-11,15H,1H3,(H,19,20,21);1-8,15H;1-8,11H,12H2;4-5H,3H2,1-2H3;. The molecule has 0 unspecified atom stereocenters. The van der Waals surface area contributed by atoms with E-state index < -0.39 is 17.5 Å². The first-order chi connectivity index (χ1) is 43.5. The Balaban J connectivity index is 0.000000179. The third kappa shape index (κ3) is 22.3. The molecule has 450 valence electrons. The highest BCUT2D eigenvalue weighted by molar-refractivity contribution is 7.51. The van der Waals surface area contributed by atoms with Gasteiger partial charge in [-0.3, -0.25) is 49.9 Å². The molecule has 11 rings (SSSR count). The van der Waals surface area contributed by atoms with Crippen LogP contribution in [-0.2, 0) is 16.3 Å². The molecule has 0 aliphatic heterocycles. The number of ether oxygens (including phenoxy) is 1. The van der Waals surface area contributed by atoms with E-state index in [1.54, 1.807) is 100 Å². The van der Waals surface area contributed by atoms with Crippen LogP contribution < -0.4 is 21.8 Å². The molecule has 0 saturated carbocycles. The third-order valence-electron chi connectivity index (χ3n) is 11.5. The first-order valence-electron chi connectivity index (χ1n) is 26.8. The van der Waals surface area contributed by atoms with Gasteiger partial charge in [-0.05, 0) is 123 Å². The summed E-state index contributed by atoms with van der Waals surface area (Å²) in [5, 5.41) is 27.2. The molecule has 89 heavy (non-hydrogen) atoms. The lowest BCUT2D eigenvalue weighted by atomic mass is 10.1. The van der Waals surface area contributed by atoms with Crippen molar-refractivity contribution < 1.29 is 33.2 Å². The lowest BCUT2D eigenvalue weighted by molar-refractivity contribution is 0.0525. The molecule has 26 nitrogen and oxygen atoms in total. The number of carbonyl (C=O) groups excluding carboxylic acids is 2. The van der Waals surface area contributed by atoms with Crippen LogP contribution in [0.2, 0.25) is 0 Å². The fourth-order valence-corrected chi connectivity index (χ4v) is 7.32. The first kappa shape index (κ1) is 66.3. The quantitative estimate of drug-likeness (QED) is 0.0187. The van der Waals surface area contributed by atoms with E-state index in [1.165, 1.54) is 30.3 Å². The molecule has 0 saturated heterocycles. The number of nitrogens with zero attached hydrogens (tertiary/aromatic N) is 15. The Hall–Kier alpha value is -11.8. The topological polar surface area (TPSA) is 373 Å². The number of nitrogens with one attached hydrogen (secondary N) is 3. The molecule has 0 aromatic carbocycles. The summed E-state index contributed by atoms with van der Waals surface area (Å²) in [6.45, 7) is 5.84. The van der Waals surface area contributed by atoms with E-state index in [4.69, 9.17) is 29.3 Å². The van der Waals surface area contributed by atoms with Crippen LogP contribution in [0.3, 0.4) is 0 Å². The summed E-state index contributed by atoms with van der Waals surface area (Å²) in [6.07, 6.45) is 22.8. The van der Waals surface area contributed by atoms with Crippen molar-refractivity contribution in [2.75, 3.05) is 17.2 Å². The summed E-state index contributed by atoms with van der Waals surface area (Å²) in [5.74, 6) is 0.459. The number of pyridine rings is 8. The maximum Gasteiger partial charge on any atom is 0.341 e. The van der Waals surface area contributed by atoms with E-state index in [1.807, 2.05) is 128 Å². The lowest BCUT2D eigenvalue weighted by Gasteiger charge is -2.17. The van der Waals surface area contributed by atoms with Crippen molar-refractivity contribution in [3.8, 4) is 0 Å². The average Bonchev–Trinajstić information content (AvgIpc) is 3.75. The normalized spacial score (nSPS) is 9.98. The van der Waals surface area contributed by atoms with Crippen LogP contribution in [0.1, 0.15) is 103 Å². The zero-order chi connectivity index (χ0) is 63.3. The fourth-order valence-electron chi connectivity index (χ4n) is 7.32. The van der Waals surface area contributed by atoms with E-state index in [0.717, 1.165) is 39.7 Å². The number of hydrogen-bond acceptors (Lipinski definition) is 25. The molecule has 0 bridgehead atoms. The molecule has 0 aliphatic carbocycles. The van der Waals surface area contributed by atoms with Gasteiger partial charge in [-0.25, -0.2) is 40.2 Å². The first-order valence-corrected chi connectivity index (χ1v) is 27.4. The number of carbonyl (C=O) groups is 2. The number of anilines is 2. The molecule has 1 amide bonds. The summed E-state index contributed by atoms with van der Waals surface area (Å²) in [4.78, 5) is 81.0. The van der Waals surface area contributed by atoms with Crippen LogP contribution in [0.4, 0.5) is 11.9 Å². The van der Waals surface area contributed by atoms with Crippen molar-refractivity contribution in [3.63, 3.8) is 0 Å². The van der Waals surface area contributed by atoms with Crippen molar-refractivity contribution in [1.82, 2.24) is 75.3 Å². The summed E-state index contributed by atoms with van der Waals surface area (Å²) in [7, 11) is 0. The van der Waals surface area contributed by atoms with Crippen molar-refractivity contribution in [2.24, 2.45) is 10.9 Å². The number of aromatic nitrogens is 14. The van der Waals surface area contributed by atoms with Gasteiger partial charge in [0.2, 0.25) is 11.9 Å². The van der Waals surface area contributed by atoms with Gasteiger partial charge in [0.15, 0.2) is 5.71 Å². The maximum absolute atomic E-state index is 11.3. The van der Waals surface area contributed by atoms with E-state index in [-0.39, 0.29) is 29.7 Å². The maximum atomic E-state index is 11.3. The monoisotopic (exact) mass is 1210 g/mol. The van der Waals surface area contributed by atoms with Crippen molar-refractivity contribution in [3.05, 3.63) is 300 Å². The zero-order valence-electron chi connectivity index (χ0n) is 48.0. The number of esters is 1. The predicted molar refractivity (Wildman–Crippen MR) is 328 cm³/mol. The van der Waals surface area contributed by atoms with Gasteiger partial charge in [0.1, 0.15) is 17.9 Å². The highest BCUT2D eigenvalue weighted by Crippen LogP contribution is 2.24. The predicted octanol–water partition coefficient (Wildman–Crippen LogP) is 7.88. The van der Waals surface area contributed by atoms with Gasteiger partial charge < -0.3 is 26.3 Å². The van der Waals surface area contributed by atoms with Gasteiger partial charge in [0, 0.05) is 86.8 Å². The Bertz CT molecular complexity index is 3680. The number of aryl methyl sites for hydroxylation is 2. The van der Waals surface area contributed by atoms with Crippen LogP contribution in [0, 0.1) is 13.8 Å². The minimum absolute atomic E-state index is 0.148. The molecule has 0 spiro atoms. The number of oxime groups is 1. The van der Waals surface area contributed by atoms with Crippen molar-refractivity contribution in [1.29, 1.82) is 0 Å². The number of hydroxylamine groups is 1. The molecule has 7 N–H and O–H groups in total. The van der Waals surface area contributed by atoms with Crippen LogP contribution in [0.25, 0.3) is 0 Å². The summed E-state index contributed by atoms with van der Waals surface area (Å²) in [5.41, 5.74) is 15.6. The Labute approximate surface area is 514 Å². The smallest absolute Gasteiger partial charge is 0.341 e. The van der Waals surface area contributed by atoms with Crippen LogP contribution >= 0.6 is 0 Å². The largest absolute Gasteiger partial charge is 0.462 e. The molecule has 0 radical (unpaired) electrons. The van der Waals surface area contributed by atoms with E-state index in [9.17, 15) is 9.59 Å². The minimum atomic E-state index is -0.750.